The van der Waals surface area contributed by atoms with E-state index in [4.69, 9.17) is 10.1 Å². The quantitative estimate of drug-likeness (QED) is 0.390. The molecule has 1 atom stereocenters. The molecule has 4 aromatic rings. The van der Waals surface area contributed by atoms with Crippen LogP contribution in [-0.2, 0) is 10.2 Å². The van der Waals surface area contributed by atoms with E-state index in [1.807, 2.05) is 19.1 Å². The molecule has 8 heteroatoms. The largest absolute Gasteiger partial charge is 0.328 e. The molecule has 5 rings (SSSR count). The SMILES string of the molecule is CC1=C(C(=O)Nc2cccnc2)C(c2ccc(F)cc2)n2nc(-c3ccc(C(C)(C)C)cc3)nc2N1. The van der Waals surface area contributed by atoms with Gasteiger partial charge in [-0.2, -0.15) is 4.98 Å². The van der Waals surface area contributed by atoms with Gasteiger partial charge in [-0.25, -0.2) is 9.07 Å². The second-order valence-electron chi connectivity index (χ2n) is 9.84. The van der Waals surface area contributed by atoms with E-state index in [9.17, 15) is 9.18 Å². The topological polar surface area (TPSA) is 84.7 Å². The number of carbonyl (C=O) groups is 1. The summed E-state index contributed by atoms with van der Waals surface area (Å²) in [6, 6.07) is 17.2. The van der Waals surface area contributed by atoms with Crippen molar-refractivity contribution in [3.63, 3.8) is 0 Å². The fourth-order valence-electron chi connectivity index (χ4n) is 4.28. The minimum Gasteiger partial charge on any atom is -0.328 e. The van der Waals surface area contributed by atoms with Crippen molar-refractivity contribution in [2.45, 2.75) is 39.2 Å². The molecule has 0 saturated carbocycles. The van der Waals surface area contributed by atoms with Gasteiger partial charge in [0, 0.05) is 17.5 Å². The lowest BCUT2D eigenvalue weighted by atomic mass is 9.87. The summed E-state index contributed by atoms with van der Waals surface area (Å²) in [5, 5.41) is 10.9. The predicted octanol–water partition coefficient (Wildman–Crippen LogP) is 5.70. The molecule has 2 aromatic heterocycles. The van der Waals surface area contributed by atoms with Gasteiger partial charge in [0.25, 0.3) is 5.91 Å². The summed E-state index contributed by atoms with van der Waals surface area (Å²) in [6.07, 6.45) is 3.22. The number of nitrogens with one attached hydrogen (secondary N) is 2. The number of hydrogen-bond acceptors (Lipinski definition) is 5. The zero-order chi connectivity index (χ0) is 25.4. The summed E-state index contributed by atoms with van der Waals surface area (Å²) >= 11 is 0. The van der Waals surface area contributed by atoms with Crippen molar-refractivity contribution in [3.05, 3.63) is 101 Å². The summed E-state index contributed by atoms with van der Waals surface area (Å²) in [5.41, 5.74) is 4.50. The Morgan fingerprint density at radius 3 is 2.42 bits per heavy atom. The maximum Gasteiger partial charge on any atom is 0.255 e. The lowest BCUT2D eigenvalue weighted by molar-refractivity contribution is -0.113. The zero-order valence-corrected chi connectivity index (χ0v) is 20.6. The maximum atomic E-state index is 13.8. The van der Waals surface area contributed by atoms with Crippen molar-refractivity contribution in [2.24, 2.45) is 0 Å². The summed E-state index contributed by atoms with van der Waals surface area (Å²) < 4.78 is 15.5. The van der Waals surface area contributed by atoms with Gasteiger partial charge in [-0.1, -0.05) is 57.2 Å². The van der Waals surface area contributed by atoms with Crippen LogP contribution in [0.1, 0.15) is 44.9 Å². The second-order valence-corrected chi connectivity index (χ2v) is 9.84. The second kappa shape index (κ2) is 9.03. The summed E-state index contributed by atoms with van der Waals surface area (Å²) in [5.74, 6) is 0.384. The zero-order valence-electron chi connectivity index (χ0n) is 20.6. The number of carbonyl (C=O) groups excluding carboxylic acids is 1. The predicted molar refractivity (Wildman–Crippen MR) is 138 cm³/mol. The summed E-state index contributed by atoms with van der Waals surface area (Å²) in [7, 11) is 0. The van der Waals surface area contributed by atoms with Crippen molar-refractivity contribution in [3.8, 4) is 11.4 Å². The Bertz CT molecular complexity index is 1430. The molecule has 1 amide bonds. The summed E-state index contributed by atoms with van der Waals surface area (Å²) in [4.78, 5) is 22.3. The standard InChI is InChI=1S/C28H27FN6O/c1-17-23(26(36)32-22-6-5-15-30-16-22)24(18-9-13-21(29)14-10-18)35-27(31-17)33-25(34-35)19-7-11-20(12-8-19)28(2,3)4/h5-16,24H,1-4H3,(H,32,36)(H,31,33,34). The molecule has 0 saturated heterocycles. The van der Waals surface area contributed by atoms with Crippen LogP contribution in [0.2, 0.25) is 0 Å². The molecule has 3 heterocycles. The van der Waals surface area contributed by atoms with Crippen molar-refractivity contribution in [1.29, 1.82) is 0 Å². The van der Waals surface area contributed by atoms with Gasteiger partial charge in [0.2, 0.25) is 5.95 Å². The molecule has 0 bridgehead atoms. The average molecular weight is 483 g/mol. The fraction of sp³-hybridized carbons (Fsp3) is 0.214. The third kappa shape index (κ3) is 4.49. The first-order valence-corrected chi connectivity index (χ1v) is 11.7. The number of benzene rings is 2. The van der Waals surface area contributed by atoms with Crippen LogP contribution in [0.3, 0.4) is 0 Å². The number of halogens is 1. The van der Waals surface area contributed by atoms with Crippen LogP contribution in [-0.4, -0.2) is 25.7 Å². The Morgan fingerprint density at radius 1 is 1.06 bits per heavy atom. The van der Waals surface area contributed by atoms with Crippen LogP contribution in [0.5, 0.6) is 0 Å². The monoisotopic (exact) mass is 482 g/mol. The minimum absolute atomic E-state index is 0.0339. The van der Waals surface area contributed by atoms with Gasteiger partial charge in [-0.15, -0.1) is 5.10 Å². The molecule has 7 nitrogen and oxygen atoms in total. The lowest BCUT2D eigenvalue weighted by Gasteiger charge is -2.28. The normalized spacial score (nSPS) is 15.3. The number of allylic oxidation sites excluding steroid dienone is 1. The molecule has 0 aliphatic carbocycles. The molecule has 182 valence electrons. The highest BCUT2D eigenvalue weighted by Crippen LogP contribution is 2.37. The molecule has 0 fully saturated rings. The molecule has 0 spiro atoms. The molecule has 2 aromatic carbocycles. The Kier molecular flexibility index (Phi) is 5.88. The number of rotatable bonds is 4. The van der Waals surface area contributed by atoms with E-state index in [1.54, 1.807) is 41.3 Å². The van der Waals surface area contributed by atoms with Crippen LogP contribution in [0, 0.1) is 5.82 Å². The molecular weight excluding hydrogens is 455 g/mol. The van der Waals surface area contributed by atoms with Crippen LogP contribution < -0.4 is 10.6 Å². The first kappa shape index (κ1) is 23.4. The highest BCUT2D eigenvalue weighted by Gasteiger charge is 2.34. The van der Waals surface area contributed by atoms with E-state index >= 15 is 0 Å². The number of fused-ring (bicyclic) bond motifs is 1. The van der Waals surface area contributed by atoms with E-state index in [1.165, 1.54) is 17.7 Å². The molecule has 1 unspecified atom stereocenters. The number of aromatic nitrogens is 4. The lowest BCUT2D eigenvalue weighted by Crippen LogP contribution is -2.31. The first-order chi connectivity index (χ1) is 17.2. The molecule has 0 radical (unpaired) electrons. The number of nitrogens with zero attached hydrogens (tertiary/aromatic N) is 4. The summed E-state index contributed by atoms with van der Waals surface area (Å²) in [6.45, 7) is 8.32. The third-order valence-electron chi connectivity index (χ3n) is 6.21. The maximum absolute atomic E-state index is 13.8. The van der Waals surface area contributed by atoms with Crippen molar-refractivity contribution in [1.82, 2.24) is 19.7 Å². The molecule has 1 aliphatic heterocycles. The van der Waals surface area contributed by atoms with Crippen molar-refractivity contribution in [2.75, 3.05) is 10.6 Å². The van der Waals surface area contributed by atoms with Gasteiger partial charge in [0.05, 0.1) is 17.5 Å². The van der Waals surface area contributed by atoms with Crippen LogP contribution in [0.25, 0.3) is 11.4 Å². The number of pyridine rings is 1. The molecule has 36 heavy (non-hydrogen) atoms. The number of amides is 1. The highest BCUT2D eigenvalue weighted by molar-refractivity contribution is 6.05. The van der Waals surface area contributed by atoms with Gasteiger partial charge in [0.1, 0.15) is 11.9 Å². The Morgan fingerprint density at radius 2 is 1.78 bits per heavy atom. The third-order valence-corrected chi connectivity index (χ3v) is 6.21. The molecular formula is C28H27FN6O. The van der Waals surface area contributed by atoms with E-state index in [0.29, 0.717) is 28.7 Å². The average Bonchev–Trinajstić information content (AvgIpc) is 3.27. The highest BCUT2D eigenvalue weighted by atomic mass is 19.1. The van der Waals surface area contributed by atoms with Crippen molar-refractivity contribution >= 4 is 17.5 Å². The van der Waals surface area contributed by atoms with E-state index in [2.05, 4.69) is 48.5 Å². The van der Waals surface area contributed by atoms with E-state index < -0.39 is 6.04 Å². The molecule has 1 aliphatic rings. The van der Waals surface area contributed by atoms with Crippen LogP contribution in [0.15, 0.2) is 84.3 Å². The smallest absolute Gasteiger partial charge is 0.255 e. The van der Waals surface area contributed by atoms with E-state index in [-0.39, 0.29) is 17.1 Å². The number of anilines is 2. The minimum atomic E-state index is -0.603. The van der Waals surface area contributed by atoms with Crippen molar-refractivity contribution < 1.29 is 9.18 Å². The van der Waals surface area contributed by atoms with Gasteiger partial charge < -0.3 is 10.6 Å². The van der Waals surface area contributed by atoms with Gasteiger partial charge >= 0.3 is 0 Å². The number of hydrogen-bond donors (Lipinski definition) is 2. The van der Waals surface area contributed by atoms with Crippen LogP contribution in [0.4, 0.5) is 16.0 Å². The van der Waals surface area contributed by atoms with E-state index in [0.717, 1.165) is 11.1 Å². The Balaban J connectivity index is 1.57. The molecule has 2 N–H and O–H groups in total. The van der Waals surface area contributed by atoms with Gasteiger partial charge in [0.15, 0.2) is 5.82 Å². The van der Waals surface area contributed by atoms with Gasteiger partial charge in [-0.3, -0.25) is 9.78 Å². The van der Waals surface area contributed by atoms with Crippen LogP contribution >= 0.6 is 0 Å². The van der Waals surface area contributed by atoms with Gasteiger partial charge in [-0.05, 0) is 47.7 Å². The first-order valence-electron chi connectivity index (χ1n) is 11.7. The Labute approximate surface area is 209 Å². The Hall–Kier alpha value is -4.33. The fourth-order valence-corrected chi connectivity index (χ4v) is 4.28.